The normalized spacial score (nSPS) is 13.2. The van der Waals surface area contributed by atoms with Gasteiger partial charge in [0, 0.05) is 12.3 Å². The van der Waals surface area contributed by atoms with Gasteiger partial charge in [-0.25, -0.2) is 4.79 Å². The van der Waals surface area contributed by atoms with Gasteiger partial charge in [-0.3, -0.25) is 4.79 Å². The lowest BCUT2D eigenvalue weighted by atomic mass is 9.98. The maximum atomic E-state index is 12.1. The number of ether oxygens (including phenoxy) is 1. The second-order valence-corrected chi connectivity index (χ2v) is 6.17. The van der Waals surface area contributed by atoms with Gasteiger partial charge in [0.25, 0.3) is 0 Å². The molecule has 132 valence electrons. The molecule has 0 aliphatic heterocycles. The van der Waals surface area contributed by atoms with Gasteiger partial charge in [0.1, 0.15) is 6.61 Å². The van der Waals surface area contributed by atoms with Crippen LogP contribution in [0.15, 0.2) is 48.5 Å². The lowest BCUT2D eigenvalue weighted by molar-refractivity contribution is -0.137. The summed E-state index contributed by atoms with van der Waals surface area (Å²) in [5.41, 5.74) is 4.53. The van der Waals surface area contributed by atoms with Crippen molar-refractivity contribution in [1.82, 2.24) is 5.32 Å². The van der Waals surface area contributed by atoms with Gasteiger partial charge in [0.05, 0.1) is 12.5 Å². The highest BCUT2D eigenvalue weighted by Gasteiger charge is 2.29. The number of carboxylic acid groups (broad SMARTS) is 1. The first kappa shape index (κ1) is 17.6. The zero-order valence-corrected chi connectivity index (χ0v) is 14.1. The highest BCUT2D eigenvalue weighted by atomic mass is 16.5. The van der Waals surface area contributed by atoms with Crippen LogP contribution in [0, 0.1) is 12.3 Å². The molecule has 26 heavy (non-hydrogen) atoms. The summed E-state index contributed by atoms with van der Waals surface area (Å²) in [6, 6.07) is 15.5. The number of aliphatic carboxylic acids is 1. The Hall–Kier alpha value is -3.26. The van der Waals surface area contributed by atoms with Gasteiger partial charge < -0.3 is 15.2 Å². The number of benzene rings is 2. The molecule has 0 saturated heterocycles. The Morgan fingerprint density at radius 1 is 1.12 bits per heavy atom. The lowest BCUT2D eigenvalue weighted by Gasteiger charge is -2.17. The Morgan fingerprint density at radius 2 is 1.69 bits per heavy atom. The van der Waals surface area contributed by atoms with Crippen molar-refractivity contribution in [1.29, 1.82) is 0 Å². The molecule has 2 N–H and O–H groups in total. The Labute approximate surface area is 152 Å². The monoisotopic (exact) mass is 349 g/mol. The molecular weight excluding hydrogens is 330 g/mol. The Kier molecular flexibility index (Phi) is 5.23. The average Bonchev–Trinajstić information content (AvgIpc) is 2.94. The molecule has 0 fully saturated rings. The summed E-state index contributed by atoms with van der Waals surface area (Å²) in [5.74, 6) is 1.30. The molecule has 2 aromatic rings. The summed E-state index contributed by atoms with van der Waals surface area (Å²) < 4.78 is 5.39. The number of rotatable bonds is 6. The van der Waals surface area contributed by atoms with Crippen LogP contribution >= 0.6 is 0 Å². The molecule has 0 heterocycles. The average molecular weight is 349 g/mol. The van der Waals surface area contributed by atoms with E-state index in [1.54, 1.807) is 0 Å². The second-order valence-electron chi connectivity index (χ2n) is 6.17. The van der Waals surface area contributed by atoms with E-state index >= 15 is 0 Å². The smallest absolute Gasteiger partial charge is 0.407 e. The lowest BCUT2D eigenvalue weighted by Crippen LogP contribution is -2.37. The quantitative estimate of drug-likeness (QED) is 0.784. The predicted molar refractivity (Wildman–Crippen MR) is 97.7 cm³/mol. The summed E-state index contributed by atoms with van der Waals surface area (Å²) in [4.78, 5) is 22.9. The van der Waals surface area contributed by atoms with Crippen LogP contribution in [-0.4, -0.2) is 29.8 Å². The number of hydrogen-bond donors (Lipinski definition) is 2. The molecule has 1 atom stereocenters. The second kappa shape index (κ2) is 7.75. The van der Waals surface area contributed by atoms with Crippen molar-refractivity contribution in [3.63, 3.8) is 0 Å². The molecule has 1 aliphatic rings. The van der Waals surface area contributed by atoms with Gasteiger partial charge in [-0.15, -0.1) is 12.3 Å². The summed E-state index contributed by atoms with van der Waals surface area (Å²) in [5, 5.41) is 11.4. The van der Waals surface area contributed by atoms with Crippen LogP contribution in [0.2, 0.25) is 0 Å². The molecule has 5 heteroatoms. The third kappa shape index (κ3) is 3.70. The molecule has 0 aromatic heterocycles. The van der Waals surface area contributed by atoms with Crippen molar-refractivity contribution < 1.29 is 19.4 Å². The molecule has 1 aliphatic carbocycles. The maximum Gasteiger partial charge on any atom is 0.407 e. The number of terminal acetylenes is 1. The van der Waals surface area contributed by atoms with E-state index in [0.717, 1.165) is 22.3 Å². The number of amides is 1. The summed E-state index contributed by atoms with van der Waals surface area (Å²) >= 11 is 0. The SMILES string of the molecule is C#CC[C@@H](CC(=O)O)NC(=O)OCC1c2ccccc2-c2ccccc21. The van der Waals surface area contributed by atoms with Gasteiger partial charge in [0.2, 0.25) is 0 Å². The van der Waals surface area contributed by atoms with E-state index in [-0.39, 0.29) is 25.4 Å². The minimum Gasteiger partial charge on any atom is -0.481 e. The topological polar surface area (TPSA) is 75.6 Å². The van der Waals surface area contributed by atoms with Gasteiger partial charge in [-0.2, -0.15) is 0 Å². The number of alkyl carbamates (subject to hydrolysis) is 1. The van der Waals surface area contributed by atoms with E-state index in [4.69, 9.17) is 16.3 Å². The van der Waals surface area contributed by atoms with Crippen LogP contribution < -0.4 is 5.32 Å². The number of nitrogens with one attached hydrogen (secondary N) is 1. The fourth-order valence-electron chi connectivity index (χ4n) is 3.33. The molecular formula is C21H19NO4. The van der Waals surface area contributed by atoms with Crippen molar-refractivity contribution in [3.05, 3.63) is 59.7 Å². The van der Waals surface area contributed by atoms with Crippen LogP contribution in [-0.2, 0) is 9.53 Å². The zero-order chi connectivity index (χ0) is 18.5. The van der Waals surface area contributed by atoms with Gasteiger partial charge in [-0.05, 0) is 22.3 Å². The fraction of sp³-hybridized carbons (Fsp3) is 0.238. The summed E-state index contributed by atoms with van der Waals surface area (Å²) in [6.07, 6.45) is 4.46. The van der Waals surface area contributed by atoms with Crippen molar-refractivity contribution in [3.8, 4) is 23.5 Å². The van der Waals surface area contributed by atoms with Crippen molar-refractivity contribution in [2.45, 2.75) is 24.8 Å². The largest absolute Gasteiger partial charge is 0.481 e. The predicted octanol–water partition coefficient (Wildman–Crippen LogP) is 3.39. The standard InChI is InChI=1S/C21H19NO4/c1-2-7-14(12-20(23)24)22-21(25)26-13-19-17-10-5-3-8-15(17)16-9-4-6-11-18(16)19/h1,3-6,8-11,14,19H,7,12-13H2,(H,22,25)(H,23,24)/t14-/m0/s1. The first-order chi connectivity index (χ1) is 12.6. The van der Waals surface area contributed by atoms with Crippen LogP contribution in [0.3, 0.4) is 0 Å². The first-order valence-electron chi connectivity index (χ1n) is 8.37. The maximum absolute atomic E-state index is 12.1. The highest BCUT2D eigenvalue weighted by molar-refractivity contribution is 5.79. The molecule has 0 unspecified atom stereocenters. The van der Waals surface area contributed by atoms with Gasteiger partial charge >= 0.3 is 12.1 Å². The van der Waals surface area contributed by atoms with E-state index in [1.165, 1.54) is 0 Å². The van der Waals surface area contributed by atoms with E-state index < -0.39 is 18.1 Å². The summed E-state index contributed by atoms with van der Waals surface area (Å²) in [7, 11) is 0. The minimum atomic E-state index is -1.02. The van der Waals surface area contributed by atoms with Crippen LogP contribution in [0.5, 0.6) is 0 Å². The minimum absolute atomic E-state index is 0.0429. The number of carboxylic acids is 1. The third-order valence-electron chi connectivity index (χ3n) is 4.45. The fourth-order valence-corrected chi connectivity index (χ4v) is 3.33. The number of fused-ring (bicyclic) bond motifs is 3. The summed E-state index contributed by atoms with van der Waals surface area (Å²) in [6.45, 7) is 0.176. The van der Waals surface area contributed by atoms with E-state index in [1.807, 2.05) is 36.4 Å². The van der Waals surface area contributed by atoms with Crippen molar-refractivity contribution >= 4 is 12.1 Å². The Morgan fingerprint density at radius 3 is 2.23 bits per heavy atom. The van der Waals surface area contributed by atoms with Crippen LogP contribution in [0.4, 0.5) is 4.79 Å². The van der Waals surface area contributed by atoms with E-state index in [9.17, 15) is 9.59 Å². The van der Waals surface area contributed by atoms with Gasteiger partial charge in [0.15, 0.2) is 0 Å². The first-order valence-corrected chi connectivity index (χ1v) is 8.37. The Bertz CT molecular complexity index is 823. The molecule has 5 nitrogen and oxygen atoms in total. The van der Waals surface area contributed by atoms with Crippen LogP contribution in [0.1, 0.15) is 29.9 Å². The highest BCUT2D eigenvalue weighted by Crippen LogP contribution is 2.44. The Balaban J connectivity index is 1.69. The van der Waals surface area contributed by atoms with Gasteiger partial charge in [-0.1, -0.05) is 48.5 Å². The van der Waals surface area contributed by atoms with E-state index in [0.29, 0.717) is 0 Å². The number of carbonyl (C=O) groups excluding carboxylic acids is 1. The van der Waals surface area contributed by atoms with Crippen molar-refractivity contribution in [2.24, 2.45) is 0 Å². The molecule has 3 rings (SSSR count). The molecule has 0 bridgehead atoms. The zero-order valence-electron chi connectivity index (χ0n) is 14.1. The van der Waals surface area contributed by atoms with Crippen LogP contribution in [0.25, 0.3) is 11.1 Å². The van der Waals surface area contributed by atoms with Crippen molar-refractivity contribution in [2.75, 3.05) is 6.61 Å². The third-order valence-corrected chi connectivity index (χ3v) is 4.45. The number of hydrogen-bond acceptors (Lipinski definition) is 3. The molecule has 1 amide bonds. The number of carbonyl (C=O) groups is 2. The molecule has 0 spiro atoms. The molecule has 2 aromatic carbocycles. The molecule has 0 saturated carbocycles. The molecule has 0 radical (unpaired) electrons. The van der Waals surface area contributed by atoms with E-state index in [2.05, 4.69) is 23.4 Å².